The molecule has 3 rings (SSSR count). The van der Waals surface area contributed by atoms with Crippen molar-refractivity contribution >= 4 is 50.2 Å². The van der Waals surface area contributed by atoms with Crippen LogP contribution < -0.4 is 5.32 Å². The Morgan fingerprint density at radius 3 is 3.00 bits per heavy atom. The van der Waals surface area contributed by atoms with Crippen molar-refractivity contribution in [2.24, 2.45) is 0 Å². The van der Waals surface area contributed by atoms with Gasteiger partial charge >= 0.3 is 0 Å². The third-order valence-corrected chi connectivity index (χ3v) is 4.28. The summed E-state index contributed by atoms with van der Waals surface area (Å²) >= 11 is 9.35. The van der Waals surface area contributed by atoms with Crippen molar-refractivity contribution in [1.82, 2.24) is 9.97 Å². The molecule has 3 aromatic rings. The molecule has 0 aliphatic heterocycles. The number of halogens is 2. The highest BCUT2D eigenvalue weighted by molar-refractivity contribution is 9.10. The lowest BCUT2D eigenvalue weighted by atomic mass is 10.2. The molecule has 0 aliphatic rings. The van der Waals surface area contributed by atoms with Gasteiger partial charge in [-0.2, -0.15) is 0 Å². The number of benzene rings is 2. The van der Waals surface area contributed by atoms with Gasteiger partial charge in [-0.25, -0.2) is 4.98 Å². The highest BCUT2D eigenvalue weighted by atomic mass is 79.9. The van der Waals surface area contributed by atoms with Gasteiger partial charge in [-0.05, 0) is 46.3 Å². The molecule has 1 aromatic heterocycles. The smallest absolute Gasteiger partial charge is 0.255 e. The van der Waals surface area contributed by atoms with Gasteiger partial charge in [0, 0.05) is 5.56 Å². The standard InChI is InChI=1S/C14H9BrClN3O/c15-13-9(16)2-1-3-11(13)19-14(20)8-4-5-10-12(6-8)18-7-17-10/h1-7H,(H,17,18)(H,19,20). The number of nitrogens with zero attached hydrogens (tertiary/aromatic N) is 1. The third-order valence-electron chi connectivity index (χ3n) is 2.88. The molecule has 100 valence electrons. The molecule has 1 amide bonds. The summed E-state index contributed by atoms with van der Waals surface area (Å²) in [6, 6.07) is 10.6. The second kappa shape index (κ2) is 5.26. The highest BCUT2D eigenvalue weighted by Gasteiger charge is 2.10. The highest BCUT2D eigenvalue weighted by Crippen LogP contribution is 2.30. The largest absolute Gasteiger partial charge is 0.345 e. The quantitative estimate of drug-likeness (QED) is 0.726. The molecule has 0 atom stereocenters. The van der Waals surface area contributed by atoms with E-state index in [1.165, 1.54) is 0 Å². The Morgan fingerprint density at radius 1 is 1.30 bits per heavy atom. The van der Waals surface area contributed by atoms with E-state index in [-0.39, 0.29) is 5.91 Å². The lowest BCUT2D eigenvalue weighted by molar-refractivity contribution is 0.102. The molecule has 0 spiro atoms. The molecule has 2 N–H and O–H groups in total. The molecular formula is C14H9BrClN3O. The first-order valence-electron chi connectivity index (χ1n) is 5.83. The predicted octanol–water partition coefficient (Wildman–Crippen LogP) is 4.23. The summed E-state index contributed by atoms with van der Waals surface area (Å²) in [4.78, 5) is 19.3. The average molecular weight is 351 g/mol. The van der Waals surface area contributed by atoms with E-state index < -0.39 is 0 Å². The van der Waals surface area contributed by atoms with E-state index in [9.17, 15) is 4.79 Å². The van der Waals surface area contributed by atoms with Crippen LogP contribution in [-0.4, -0.2) is 15.9 Å². The minimum absolute atomic E-state index is 0.204. The summed E-state index contributed by atoms with van der Waals surface area (Å²) in [5.74, 6) is -0.204. The van der Waals surface area contributed by atoms with Gasteiger partial charge in [-0.15, -0.1) is 0 Å². The summed E-state index contributed by atoms with van der Waals surface area (Å²) in [5.41, 5.74) is 2.83. The van der Waals surface area contributed by atoms with Crippen LogP contribution in [0.25, 0.3) is 11.0 Å². The maximum absolute atomic E-state index is 12.2. The molecule has 20 heavy (non-hydrogen) atoms. The molecule has 0 fully saturated rings. The van der Waals surface area contributed by atoms with Gasteiger partial charge in [0.25, 0.3) is 5.91 Å². The molecule has 0 unspecified atom stereocenters. The Bertz CT molecular complexity index is 800. The van der Waals surface area contributed by atoms with Crippen LogP contribution in [0.3, 0.4) is 0 Å². The van der Waals surface area contributed by atoms with Crippen molar-refractivity contribution in [3.63, 3.8) is 0 Å². The predicted molar refractivity (Wildman–Crippen MR) is 83.2 cm³/mol. The van der Waals surface area contributed by atoms with E-state index in [1.807, 2.05) is 0 Å². The summed E-state index contributed by atoms with van der Waals surface area (Å²) < 4.78 is 0.664. The second-order valence-corrected chi connectivity index (χ2v) is 5.39. The fraction of sp³-hybridized carbons (Fsp3) is 0. The first kappa shape index (κ1) is 13.1. The Kier molecular flexibility index (Phi) is 3.46. The lowest BCUT2D eigenvalue weighted by Crippen LogP contribution is -2.12. The number of rotatable bonds is 2. The fourth-order valence-electron chi connectivity index (χ4n) is 1.87. The molecule has 1 heterocycles. The summed E-state index contributed by atoms with van der Waals surface area (Å²) in [6.07, 6.45) is 1.60. The minimum Gasteiger partial charge on any atom is -0.345 e. The molecule has 4 nitrogen and oxygen atoms in total. The second-order valence-electron chi connectivity index (χ2n) is 4.19. The molecule has 6 heteroatoms. The van der Waals surface area contributed by atoms with E-state index in [2.05, 4.69) is 31.2 Å². The van der Waals surface area contributed by atoms with Crippen LogP contribution in [-0.2, 0) is 0 Å². The van der Waals surface area contributed by atoms with E-state index in [1.54, 1.807) is 42.7 Å². The first-order chi connectivity index (χ1) is 9.65. The number of nitrogens with one attached hydrogen (secondary N) is 2. The van der Waals surface area contributed by atoms with Gasteiger partial charge in [0.15, 0.2) is 0 Å². The van der Waals surface area contributed by atoms with Crippen LogP contribution in [0.1, 0.15) is 10.4 Å². The number of imidazole rings is 1. The van der Waals surface area contributed by atoms with Crippen molar-refractivity contribution in [1.29, 1.82) is 0 Å². The number of carbonyl (C=O) groups is 1. The van der Waals surface area contributed by atoms with Crippen molar-refractivity contribution in [2.75, 3.05) is 5.32 Å². The molecular weight excluding hydrogens is 342 g/mol. The van der Waals surface area contributed by atoms with Gasteiger partial charge < -0.3 is 10.3 Å². The van der Waals surface area contributed by atoms with E-state index in [4.69, 9.17) is 11.6 Å². The van der Waals surface area contributed by atoms with E-state index in [0.717, 1.165) is 11.0 Å². The number of H-pyrrole nitrogens is 1. The number of hydrogen-bond donors (Lipinski definition) is 2. The van der Waals surface area contributed by atoms with Crippen molar-refractivity contribution in [3.05, 3.63) is 57.8 Å². The Hall–Kier alpha value is -1.85. The van der Waals surface area contributed by atoms with Crippen LogP contribution in [0.4, 0.5) is 5.69 Å². The zero-order valence-corrected chi connectivity index (χ0v) is 12.5. The topological polar surface area (TPSA) is 57.8 Å². The SMILES string of the molecule is O=C(Nc1cccc(Cl)c1Br)c1ccc2nc[nH]c2c1. The van der Waals surface area contributed by atoms with Gasteiger partial charge in [0.2, 0.25) is 0 Å². The number of hydrogen-bond acceptors (Lipinski definition) is 2. The Morgan fingerprint density at radius 2 is 2.15 bits per heavy atom. The van der Waals surface area contributed by atoms with E-state index in [0.29, 0.717) is 20.7 Å². The molecule has 0 radical (unpaired) electrons. The summed E-state index contributed by atoms with van der Waals surface area (Å²) in [7, 11) is 0. The molecule has 0 aliphatic carbocycles. The maximum Gasteiger partial charge on any atom is 0.255 e. The van der Waals surface area contributed by atoms with Crippen LogP contribution >= 0.6 is 27.5 Å². The number of aromatic amines is 1. The summed E-state index contributed by atoms with van der Waals surface area (Å²) in [5, 5.41) is 3.37. The third kappa shape index (κ3) is 2.42. The number of anilines is 1. The first-order valence-corrected chi connectivity index (χ1v) is 7.01. The van der Waals surface area contributed by atoms with Crippen LogP contribution in [0.2, 0.25) is 5.02 Å². The molecule has 0 saturated heterocycles. The van der Waals surface area contributed by atoms with Crippen LogP contribution in [0, 0.1) is 0 Å². The maximum atomic E-state index is 12.2. The minimum atomic E-state index is -0.204. The van der Waals surface area contributed by atoms with Crippen molar-refractivity contribution in [3.8, 4) is 0 Å². The van der Waals surface area contributed by atoms with Crippen molar-refractivity contribution < 1.29 is 4.79 Å². The van der Waals surface area contributed by atoms with Gasteiger partial charge in [0.05, 0.1) is 32.5 Å². The van der Waals surface area contributed by atoms with Gasteiger partial charge in [0.1, 0.15) is 0 Å². The van der Waals surface area contributed by atoms with Gasteiger partial charge in [-0.3, -0.25) is 4.79 Å². The molecule has 2 aromatic carbocycles. The van der Waals surface area contributed by atoms with E-state index >= 15 is 0 Å². The van der Waals surface area contributed by atoms with Crippen molar-refractivity contribution in [2.45, 2.75) is 0 Å². The summed E-state index contributed by atoms with van der Waals surface area (Å²) in [6.45, 7) is 0. The molecule has 0 saturated carbocycles. The van der Waals surface area contributed by atoms with Crippen LogP contribution in [0.15, 0.2) is 47.2 Å². The lowest BCUT2D eigenvalue weighted by Gasteiger charge is -2.08. The number of carbonyl (C=O) groups excluding carboxylic acids is 1. The normalized spacial score (nSPS) is 10.7. The number of fused-ring (bicyclic) bond motifs is 1. The zero-order chi connectivity index (χ0) is 14.1. The number of amides is 1. The Balaban J connectivity index is 1.90. The average Bonchev–Trinajstić information content (AvgIpc) is 2.91. The molecule has 0 bridgehead atoms. The number of aromatic nitrogens is 2. The van der Waals surface area contributed by atoms with Crippen LogP contribution in [0.5, 0.6) is 0 Å². The zero-order valence-electron chi connectivity index (χ0n) is 10.2. The van der Waals surface area contributed by atoms with Gasteiger partial charge in [-0.1, -0.05) is 17.7 Å². The monoisotopic (exact) mass is 349 g/mol. The fourth-order valence-corrected chi connectivity index (χ4v) is 2.41. The Labute approximate surface area is 128 Å².